The van der Waals surface area contributed by atoms with Gasteiger partial charge in [0.05, 0.1) is 7.11 Å². The highest BCUT2D eigenvalue weighted by Gasteiger charge is 2.22. The number of hydrogen-bond acceptors (Lipinski definition) is 3. The zero-order valence-corrected chi connectivity index (χ0v) is 16.7. The number of carbonyl (C=O) groups is 2. The molecule has 0 spiro atoms. The number of benzene rings is 3. The summed E-state index contributed by atoms with van der Waals surface area (Å²) >= 11 is 0. The molecule has 1 aliphatic heterocycles. The van der Waals surface area contributed by atoms with Gasteiger partial charge in [-0.3, -0.25) is 4.79 Å². The number of nitrogens with one attached hydrogen (secondary N) is 2. The largest absolute Gasteiger partial charge is 0.497 e. The van der Waals surface area contributed by atoms with Crippen LogP contribution in [0.1, 0.15) is 21.5 Å². The maximum absolute atomic E-state index is 12.8. The SMILES string of the molecule is COc1ccc(NC(=O)Nc2ccc3c(c2)CN(C(=O)c2ccccc2)CC3)cc1. The highest BCUT2D eigenvalue weighted by Crippen LogP contribution is 2.24. The lowest BCUT2D eigenvalue weighted by Crippen LogP contribution is -2.36. The Morgan fingerprint density at radius 2 is 1.57 bits per heavy atom. The lowest BCUT2D eigenvalue weighted by atomic mass is 9.98. The van der Waals surface area contributed by atoms with Crippen LogP contribution < -0.4 is 15.4 Å². The van der Waals surface area contributed by atoms with Crippen molar-refractivity contribution in [1.29, 1.82) is 0 Å². The highest BCUT2D eigenvalue weighted by molar-refractivity contribution is 6.00. The molecule has 0 aromatic heterocycles. The van der Waals surface area contributed by atoms with E-state index in [4.69, 9.17) is 4.74 Å². The van der Waals surface area contributed by atoms with Gasteiger partial charge in [0.25, 0.3) is 5.91 Å². The fourth-order valence-electron chi connectivity index (χ4n) is 3.54. The molecule has 0 atom stereocenters. The Morgan fingerprint density at radius 1 is 0.867 bits per heavy atom. The van der Waals surface area contributed by atoms with Gasteiger partial charge in [-0.1, -0.05) is 24.3 Å². The quantitative estimate of drug-likeness (QED) is 0.674. The molecule has 0 saturated carbocycles. The van der Waals surface area contributed by atoms with Crippen LogP contribution in [0.3, 0.4) is 0 Å². The monoisotopic (exact) mass is 401 g/mol. The number of anilines is 2. The second-order valence-electron chi connectivity index (χ2n) is 7.13. The Kier molecular flexibility index (Phi) is 5.66. The van der Waals surface area contributed by atoms with Crippen LogP contribution in [0.15, 0.2) is 72.8 Å². The molecule has 1 heterocycles. The number of carbonyl (C=O) groups excluding carboxylic acids is 2. The smallest absolute Gasteiger partial charge is 0.323 e. The van der Waals surface area contributed by atoms with E-state index >= 15 is 0 Å². The standard InChI is InChI=1S/C24H23N3O3/c1-30-22-11-9-20(10-12-22)25-24(29)26-21-8-7-17-13-14-27(16-19(17)15-21)23(28)18-5-3-2-4-6-18/h2-12,15H,13-14,16H2,1H3,(H2,25,26,29). The highest BCUT2D eigenvalue weighted by atomic mass is 16.5. The van der Waals surface area contributed by atoms with Gasteiger partial charge in [0.2, 0.25) is 0 Å². The first-order valence-electron chi connectivity index (χ1n) is 9.80. The molecule has 30 heavy (non-hydrogen) atoms. The van der Waals surface area contributed by atoms with Crippen molar-refractivity contribution in [2.45, 2.75) is 13.0 Å². The molecule has 0 saturated heterocycles. The molecular weight excluding hydrogens is 378 g/mol. The summed E-state index contributed by atoms with van der Waals surface area (Å²) in [5.74, 6) is 0.752. The number of amides is 3. The van der Waals surface area contributed by atoms with Crippen molar-refractivity contribution in [1.82, 2.24) is 4.90 Å². The van der Waals surface area contributed by atoms with E-state index in [0.717, 1.165) is 17.7 Å². The molecule has 0 fully saturated rings. The third-order valence-electron chi connectivity index (χ3n) is 5.13. The molecule has 2 N–H and O–H groups in total. The van der Waals surface area contributed by atoms with E-state index in [1.54, 1.807) is 31.4 Å². The van der Waals surface area contributed by atoms with Gasteiger partial charge in [-0.25, -0.2) is 4.79 Å². The minimum Gasteiger partial charge on any atom is -0.497 e. The summed E-state index contributed by atoms with van der Waals surface area (Å²) in [4.78, 5) is 26.9. The van der Waals surface area contributed by atoms with Gasteiger partial charge in [0.15, 0.2) is 0 Å². The van der Waals surface area contributed by atoms with Crippen molar-refractivity contribution < 1.29 is 14.3 Å². The van der Waals surface area contributed by atoms with E-state index in [9.17, 15) is 9.59 Å². The van der Waals surface area contributed by atoms with Crippen LogP contribution in [0.5, 0.6) is 5.75 Å². The molecule has 152 valence electrons. The van der Waals surface area contributed by atoms with Crippen LogP contribution in [0, 0.1) is 0 Å². The molecule has 6 heteroatoms. The van der Waals surface area contributed by atoms with Gasteiger partial charge < -0.3 is 20.3 Å². The van der Waals surface area contributed by atoms with Gasteiger partial charge in [-0.05, 0) is 66.1 Å². The van der Waals surface area contributed by atoms with E-state index in [1.807, 2.05) is 53.4 Å². The normalized spacial score (nSPS) is 12.6. The summed E-state index contributed by atoms with van der Waals surface area (Å²) in [6, 6.07) is 21.9. The third kappa shape index (κ3) is 4.43. The third-order valence-corrected chi connectivity index (χ3v) is 5.13. The second-order valence-corrected chi connectivity index (χ2v) is 7.13. The van der Waals surface area contributed by atoms with Gasteiger partial charge in [-0.15, -0.1) is 0 Å². The van der Waals surface area contributed by atoms with Crippen molar-refractivity contribution in [2.24, 2.45) is 0 Å². The molecule has 0 radical (unpaired) electrons. The molecule has 1 aliphatic rings. The average molecular weight is 401 g/mol. The first-order valence-corrected chi connectivity index (χ1v) is 9.80. The predicted octanol–water partition coefficient (Wildman–Crippen LogP) is 4.54. The number of fused-ring (bicyclic) bond motifs is 1. The van der Waals surface area contributed by atoms with Crippen molar-refractivity contribution in [3.05, 3.63) is 89.5 Å². The molecule has 0 bridgehead atoms. The van der Waals surface area contributed by atoms with Crippen molar-refractivity contribution in [3.63, 3.8) is 0 Å². The summed E-state index contributed by atoms with van der Waals surface area (Å²) in [7, 11) is 1.60. The van der Waals surface area contributed by atoms with E-state index in [1.165, 1.54) is 5.56 Å². The van der Waals surface area contributed by atoms with Crippen molar-refractivity contribution in [3.8, 4) is 5.75 Å². The molecule has 4 rings (SSSR count). The van der Waals surface area contributed by atoms with Gasteiger partial charge in [-0.2, -0.15) is 0 Å². The zero-order valence-electron chi connectivity index (χ0n) is 16.7. The van der Waals surface area contributed by atoms with Crippen LogP contribution in [0.4, 0.5) is 16.2 Å². The first-order chi connectivity index (χ1) is 14.6. The van der Waals surface area contributed by atoms with E-state index in [2.05, 4.69) is 10.6 Å². The molecule has 0 aliphatic carbocycles. The van der Waals surface area contributed by atoms with Crippen LogP contribution in [-0.2, 0) is 13.0 Å². The van der Waals surface area contributed by atoms with E-state index < -0.39 is 0 Å². The Balaban J connectivity index is 1.42. The topological polar surface area (TPSA) is 70.7 Å². The van der Waals surface area contributed by atoms with E-state index in [0.29, 0.717) is 30.0 Å². The minimum absolute atomic E-state index is 0.0249. The lowest BCUT2D eigenvalue weighted by Gasteiger charge is -2.29. The van der Waals surface area contributed by atoms with Crippen molar-refractivity contribution >= 4 is 23.3 Å². The Hall–Kier alpha value is -3.80. The zero-order chi connectivity index (χ0) is 20.9. The number of rotatable bonds is 4. The number of methoxy groups -OCH3 is 1. The maximum Gasteiger partial charge on any atom is 0.323 e. The van der Waals surface area contributed by atoms with Crippen LogP contribution in [-0.4, -0.2) is 30.5 Å². The van der Waals surface area contributed by atoms with Crippen LogP contribution in [0.2, 0.25) is 0 Å². The molecule has 0 unspecified atom stereocenters. The number of urea groups is 1. The summed E-state index contributed by atoms with van der Waals surface area (Å²) < 4.78 is 5.12. The average Bonchev–Trinajstić information content (AvgIpc) is 2.79. The van der Waals surface area contributed by atoms with Gasteiger partial charge in [0, 0.05) is 30.0 Å². The van der Waals surface area contributed by atoms with Crippen molar-refractivity contribution in [2.75, 3.05) is 24.3 Å². The molecule has 3 aromatic rings. The van der Waals surface area contributed by atoms with Crippen LogP contribution in [0.25, 0.3) is 0 Å². The maximum atomic E-state index is 12.8. The summed E-state index contributed by atoms with van der Waals surface area (Å²) in [6.07, 6.45) is 0.798. The number of ether oxygens (including phenoxy) is 1. The molecule has 3 amide bonds. The predicted molar refractivity (Wildman–Crippen MR) is 117 cm³/mol. The Morgan fingerprint density at radius 3 is 2.30 bits per heavy atom. The van der Waals surface area contributed by atoms with Gasteiger partial charge >= 0.3 is 6.03 Å². The molecule has 6 nitrogen and oxygen atoms in total. The second kappa shape index (κ2) is 8.69. The summed E-state index contributed by atoms with van der Waals surface area (Å²) in [5.41, 5.74) is 4.30. The molecular formula is C24H23N3O3. The van der Waals surface area contributed by atoms with Crippen LogP contribution >= 0.6 is 0 Å². The Bertz CT molecular complexity index is 1050. The minimum atomic E-state index is -0.326. The van der Waals surface area contributed by atoms with E-state index in [-0.39, 0.29) is 11.9 Å². The fraction of sp³-hybridized carbons (Fsp3) is 0.167. The molecule has 3 aromatic carbocycles. The lowest BCUT2D eigenvalue weighted by molar-refractivity contribution is 0.0734. The Labute approximate surface area is 175 Å². The number of nitrogens with zero attached hydrogens (tertiary/aromatic N) is 1. The van der Waals surface area contributed by atoms with Gasteiger partial charge in [0.1, 0.15) is 5.75 Å². The number of hydrogen-bond donors (Lipinski definition) is 2. The summed E-state index contributed by atoms with van der Waals surface area (Å²) in [5, 5.41) is 5.66. The first kappa shape index (κ1) is 19.5. The fourth-order valence-corrected chi connectivity index (χ4v) is 3.54. The summed E-state index contributed by atoms with van der Waals surface area (Å²) in [6.45, 7) is 1.21.